The minimum atomic E-state index is -1.41. The van der Waals surface area contributed by atoms with Gasteiger partial charge in [0.05, 0.1) is 33.0 Å². The van der Waals surface area contributed by atoms with E-state index in [2.05, 4.69) is 5.10 Å². The Hall–Kier alpha value is -4.02. The number of likely N-dealkylation sites (N-methyl/N-ethyl adjacent to an activating group) is 1. The highest BCUT2D eigenvalue weighted by Gasteiger charge is 2.46. The van der Waals surface area contributed by atoms with Crippen LogP contribution in [-0.4, -0.2) is 51.0 Å². The number of anilines is 2. The second-order valence-electron chi connectivity index (χ2n) is 7.95. The van der Waals surface area contributed by atoms with Crippen molar-refractivity contribution in [3.63, 3.8) is 0 Å². The molecule has 4 rings (SSSR count). The smallest absolute Gasteiger partial charge is 0.393 e. The maximum Gasteiger partial charge on any atom is 0.393 e. The average Bonchev–Trinajstić information content (AvgIpc) is 2.93. The maximum absolute atomic E-state index is 11.9. The zero-order valence-corrected chi connectivity index (χ0v) is 19.0. The van der Waals surface area contributed by atoms with Crippen LogP contribution >= 0.6 is 11.6 Å². The van der Waals surface area contributed by atoms with Gasteiger partial charge in [-0.05, 0) is 18.2 Å². The fraction of sp³-hybridized carbons (Fsp3) is 0.174. The summed E-state index contributed by atoms with van der Waals surface area (Å²) >= 11 is 6.45. The quantitative estimate of drug-likeness (QED) is 0.279. The number of fused-ring (bicyclic) bond motifs is 3. The molecule has 0 fully saturated rings. The number of halogens is 1. The predicted molar refractivity (Wildman–Crippen MR) is 126 cm³/mol. The van der Waals surface area contributed by atoms with E-state index in [1.54, 1.807) is 25.1 Å². The van der Waals surface area contributed by atoms with Gasteiger partial charge in [0, 0.05) is 37.6 Å². The van der Waals surface area contributed by atoms with Crippen LogP contribution in [0.1, 0.15) is 18.9 Å². The number of nitrogens with zero attached hydrogens (tertiary/aromatic N) is 4. The number of hydrogen-bond donors (Lipinski definition) is 2. The van der Waals surface area contributed by atoms with Gasteiger partial charge in [-0.3, -0.25) is 10.1 Å². The molecule has 2 N–H and O–H groups in total. The molecule has 1 unspecified atom stereocenters. The molecule has 0 saturated heterocycles. The molecule has 10 nitrogen and oxygen atoms in total. The molecule has 0 spiro atoms. The number of hydrogen-bond acceptors (Lipinski definition) is 6. The molecule has 0 aliphatic carbocycles. The third-order valence-corrected chi connectivity index (χ3v) is 6.36. The number of benzene rings is 2. The number of rotatable bonds is 5. The van der Waals surface area contributed by atoms with E-state index in [4.69, 9.17) is 11.6 Å². The number of nitro groups is 1. The molecule has 2 aliphatic rings. The average molecular weight is 484 g/mol. The van der Waals surface area contributed by atoms with Crippen molar-refractivity contribution < 1.29 is 29.3 Å². The summed E-state index contributed by atoms with van der Waals surface area (Å²) in [6.45, 7) is 2.04. The lowest BCUT2D eigenvalue weighted by Crippen LogP contribution is -2.38. The molecule has 174 valence electrons. The van der Waals surface area contributed by atoms with E-state index < -0.39 is 27.2 Å². The zero-order chi connectivity index (χ0) is 24.8. The van der Waals surface area contributed by atoms with Crippen LogP contribution in [0.5, 0.6) is 0 Å². The van der Waals surface area contributed by atoms with Gasteiger partial charge in [0.2, 0.25) is 0 Å². The van der Waals surface area contributed by atoms with Gasteiger partial charge in [-0.1, -0.05) is 28.8 Å². The van der Waals surface area contributed by atoms with Crippen molar-refractivity contribution >= 4 is 51.9 Å². The molecule has 1 atom stereocenters. The van der Waals surface area contributed by atoms with Crippen LogP contribution in [0.25, 0.3) is 5.57 Å². The van der Waals surface area contributed by atoms with E-state index in [9.17, 15) is 29.9 Å². The summed E-state index contributed by atoms with van der Waals surface area (Å²) in [5.41, 5.74) is 2.95. The normalized spacial score (nSPS) is 19.8. The number of aliphatic carboxylic acids is 2. The highest BCUT2D eigenvalue weighted by Crippen LogP contribution is 2.46. The van der Waals surface area contributed by atoms with Gasteiger partial charge in [0.1, 0.15) is 18.5 Å². The highest BCUT2D eigenvalue weighted by molar-refractivity contribution is 6.33. The second-order valence-corrected chi connectivity index (χ2v) is 8.36. The summed E-state index contributed by atoms with van der Waals surface area (Å²) < 4.78 is -0.575. The predicted octanol–water partition coefficient (Wildman–Crippen LogP) is 4.39. The Morgan fingerprint density at radius 1 is 1.21 bits per heavy atom. The molecule has 2 heterocycles. The Labute approximate surface area is 199 Å². The minimum Gasteiger partial charge on any atom is -0.478 e. The molecule has 11 heteroatoms. The standard InChI is InChI=1S/C23H19ClN4O6/c1-13-22-15-8-7-14(27(33)34)11-19(15)26(18-6-4-3-5-16(18)24)10-9-17(22)25-28(13,2)20(23(31)32)12-21(29)30/h3-8,11-12H,9-10H2,1-2H3,(H-,29,30,31,32)/p+1/b20-12-. The molecule has 0 bridgehead atoms. The second kappa shape index (κ2) is 8.40. The van der Waals surface area contributed by atoms with Crippen LogP contribution in [0.2, 0.25) is 5.02 Å². The van der Waals surface area contributed by atoms with E-state index >= 15 is 0 Å². The van der Waals surface area contributed by atoms with Gasteiger partial charge >= 0.3 is 11.9 Å². The van der Waals surface area contributed by atoms with Crippen LogP contribution in [0.3, 0.4) is 0 Å². The van der Waals surface area contributed by atoms with E-state index in [1.807, 2.05) is 17.0 Å². The van der Waals surface area contributed by atoms with Gasteiger partial charge in [-0.25, -0.2) is 9.59 Å². The number of allylic oxidation sites excluding steroid dienone is 2. The monoisotopic (exact) mass is 483 g/mol. The summed E-state index contributed by atoms with van der Waals surface area (Å²) in [6.07, 6.45) is 1.00. The van der Waals surface area contributed by atoms with Crippen molar-refractivity contribution in [1.82, 2.24) is 0 Å². The zero-order valence-electron chi connectivity index (χ0n) is 18.2. The van der Waals surface area contributed by atoms with Crippen molar-refractivity contribution in [2.24, 2.45) is 5.10 Å². The van der Waals surface area contributed by atoms with E-state index in [0.717, 1.165) is 0 Å². The number of carboxylic acids is 2. The van der Waals surface area contributed by atoms with Gasteiger partial charge < -0.3 is 15.1 Å². The Kier molecular flexibility index (Phi) is 5.72. The Morgan fingerprint density at radius 3 is 2.53 bits per heavy atom. The lowest BCUT2D eigenvalue weighted by atomic mass is 9.97. The first kappa shape index (κ1) is 23.1. The first-order valence-electron chi connectivity index (χ1n) is 10.2. The van der Waals surface area contributed by atoms with Crippen molar-refractivity contribution in [3.8, 4) is 0 Å². The van der Waals surface area contributed by atoms with Crippen molar-refractivity contribution in [3.05, 3.63) is 80.6 Å². The maximum atomic E-state index is 11.9. The number of carbonyl (C=O) groups is 2. The van der Waals surface area contributed by atoms with Crippen molar-refractivity contribution in [1.29, 1.82) is 0 Å². The number of non-ortho nitro benzene ring substituents is 1. The topological polar surface area (TPSA) is 133 Å². The van der Waals surface area contributed by atoms with Crippen molar-refractivity contribution in [2.75, 3.05) is 18.5 Å². The molecule has 0 saturated carbocycles. The third-order valence-electron chi connectivity index (χ3n) is 6.04. The van der Waals surface area contributed by atoms with Gasteiger partial charge in [-0.15, -0.1) is 4.59 Å². The van der Waals surface area contributed by atoms with Gasteiger partial charge in [0.15, 0.2) is 0 Å². The third kappa shape index (κ3) is 3.72. The highest BCUT2D eigenvalue weighted by atomic mass is 35.5. The van der Waals surface area contributed by atoms with E-state index in [-0.39, 0.29) is 5.69 Å². The number of nitro benzene ring substituents is 1. The lowest BCUT2D eigenvalue weighted by Gasteiger charge is -2.27. The molecule has 2 aromatic rings. The summed E-state index contributed by atoms with van der Waals surface area (Å²) in [5, 5.41) is 35.6. The largest absolute Gasteiger partial charge is 0.478 e. The first-order valence-corrected chi connectivity index (χ1v) is 10.6. The van der Waals surface area contributed by atoms with E-state index in [1.165, 1.54) is 19.2 Å². The molecule has 0 amide bonds. The SMILES string of the molecule is CC1=C2C(=N[N+]1(C)/C(=C\C(=O)O)C(=O)O)CCN(c1ccccc1Cl)c1cc([N+](=O)[O-])ccc12. The summed E-state index contributed by atoms with van der Waals surface area (Å²) in [5.74, 6) is -2.81. The first-order chi connectivity index (χ1) is 16.0. The van der Waals surface area contributed by atoms with Crippen molar-refractivity contribution in [2.45, 2.75) is 13.3 Å². The molecular weight excluding hydrogens is 464 g/mol. The number of para-hydroxylation sites is 1. The molecule has 0 aromatic heterocycles. The minimum absolute atomic E-state index is 0.110. The van der Waals surface area contributed by atoms with Crippen LogP contribution in [0, 0.1) is 10.1 Å². The van der Waals surface area contributed by atoms with Gasteiger partial charge in [0.25, 0.3) is 11.4 Å². The Balaban J connectivity index is 1.99. The summed E-state index contributed by atoms with van der Waals surface area (Å²) in [6, 6.07) is 11.6. The fourth-order valence-electron chi connectivity index (χ4n) is 4.37. The summed E-state index contributed by atoms with van der Waals surface area (Å²) in [4.78, 5) is 36.2. The Bertz CT molecular complexity index is 1350. The molecule has 2 aromatic carbocycles. The lowest BCUT2D eigenvalue weighted by molar-refractivity contribution is -0.833. The fourth-order valence-corrected chi connectivity index (χ4v) is 4.61. The van der Waals surface area contributed by atoms with Crippen LogP contribution < -0.4 is 4.90 Å². The van der Waals surface area contributed by atoms with Gasteiger partial charge in [-0.2, -0.15) is 0 Å². The number of quaternary nitrogens is 1. The molecular formula is C23H20ClN4O6+. The number of carboxylic acid groups (broad SMARTS) is 2. The molecule has 34 heavy (non-hydrogen) atoms. The molecule has 0 radical (unpaired) electrons. The van der Waals surface area contributed by atoms with Crippen LogP contribution in [0.4, 0.5) is 17.1 Å². The van der Waals surface area contributed by atoms with Crippen LogP contribution in [0.15, 0.2) is 65.0 Å². The van der Waals surface area contributed by atoms with Crippen LogP contribution in [-0.2, 0) is 9.59 Å². The molecule has 2 aliphatic heterocycles. The summed E-state index contributed by atoms with van der Waals surface area (Å²) in [7, 11) is 1.50. The van der Waals surface area contributed by atoms with E-state index in [0.29, 0.717) is 58.0 Å². The Morgan fingerprint density at radius 2 is 1.91 bits per heavy atom.